The van der Waals surface area contributed by atoms with Crippen molar-refractivity contribution in [2.24, 2.45) is 0 Å². The summed E-state index contributed by atoms with van der Waals surface area (Å²) in [6.07, 6.45) is 1.77. The van der Waals surface area contributed by atoms with Crippen LogP contribution in [0.4, 0.5) is 5.69 Å². The summed E-state index contributed by atoms with van der Waals surface area (Å²) in [6, 6.07) is 17.5. The molecule has 0 aliphatic carbocycles. The topological polar surface area (TPSA) is 69.0 Å². The Morgan fingerprint density at radius 1 is 1.24 bits per heavy atom. The minimum atomic E-state index is -0.166. The van der Waals surface area contributed by atoms with E-state index in [4.69, 9.17) is 16.3 Å². The van der Waals surface area contributed by atoms with Crippen molar-refractivity contribution in [2.75, 3.05) is 11.1 Å². The number of aromatic nitrogens is 3. The lowest BCUT2D eigenvalue weighted by molar-refractivity contribution is -0.113. The van der Waals surface area contributed by atoms with Gasteiger partial charge in [0.2, 0.25) is 5.91 Å². The molecule has 9 heteroatoms. The summed E-state index contributed by atoms with van der Waals surface area (Å²) >= 11 is 10.7. The van der Waals surface area contributed by atoms with Crippen molar-refractivity contribution in [2.45, 2.75) is 25.2 Å². The maximum atomic E-state index is 12.4. The number of anilines is 1. The van der Waals surface area contributed by atoms with Crippen LogP contribution in [0.3, 0.4) is 0 Å². The fraction of sp³-hybridized carbons (Fsp3) is 0.160. The summed E-state index contributed by atoms with van der Waals surface area (Å²) in [7, 11) is 0. The van der Waals surface area contributed by atoms with E-state index in [0.717, 1.165) is 21.2 Å². The number of nitrogens with zero attached hydrogens (tertiary/aromatic N) is 3. The standard InChI is InChI=1S/C25H22BrClN4O2S/c1-3-12-31-23(14-33-22-11-8-17-6-4-5-7-19(17)16(22)2)29-30-25(31)34-15-24(32)28-18-9-10-20(26)21(27)13-18/h3-11,13H,1,12,14-15H2,2H3,(H,28,32). The van der Waals surface area contributed by atoms with Crippen LogP contribution in [0.25, 0.3) is 10.8 Å². The monoisotopic (exact) mass is 556 g/mol. The van der Waals surface area contributed by atoms with E-state index >= 15 is 0 Å². The van der Waals surface area contributed by atoms with Gasteiger partial charge in [0.1, 0.15) is 12.4 Å². The molecule has 3 aromatic carbocycles. The van der Waals surface area contributed by atoms with Crippen molar-refractivity contribution in [1.82, 2.24) is 14.8 Å². The van der Waals surface area contributed by atoms with E-state index < -0.39 is 0 Å². The fourth-order valence-electron chi connectivity index (χ4n) is 3.45. The van der Waals surface area contributed by atoms with Crippen LogP contribution in [0.2, 0.25) is 5.02 Å². The molecule has 0 unspecified atom stereocenters. The lowest BCUT2D eigenvalue weighted by atomic mass is 10.0. The van der Waals surface area contributed by atoms with Gasteiger partial charge in [0.15, 0.2) is 11.0 Å². The molecule has 0 aliphatic heterocycles. The van der Waals surface area contributed by atoms with Crippen LogP contribution >= 0.6 is 39.3 Å². The number of hydrogen-bond donors (Lipinski definition) is 1. The zero-order valence-electron chi connectivity index (χ0n) is 18.4. The number of amides is 1. The maximum Gasteiger partial charge on any atom is 0.234 e. The van der Waals surface area contributed by atoms with Crippen LogP contribution in [-0.4, -0.2) is 26.4 Å². The Labute approximate surface area is 215 Å². The summed E-state index contributed by atoms with van der Waals surface area (Å²) in [4.78, 5) is 12.4. The number of thioether (sulfide) groups is 1. The molecular weight excluding hydrogens is 536 g/mol. The van der Waals surface area contributed by atoms with Crippen molar-refractivity contribution < 1.29 is 9.53 Å². The SMILES string of the molecule is C=CCn1c(COc2ccc3ccccc3c2C)nnc1SCC(=O)Nc1ccc(Br)c(Cl)c1. The Kier molecular flexibility index (Phi) is 7.92. The van der Waals surface area contributed by atoms with Crippen LogP contribution in [0.15, 0.2) is 76.9 Å². The van der Waals surface area contributed by atoms with Gasteiger partial charge in [0, 0.05) is 16.7 Å². The molecule has 1 amide bonds. The second-order valence-electron chi connectivity index (χ2n) is 7.46. The third kappa shape index (κ3) is 5.63. The first-order valence-corrected chi connectivity index (χ1v) is 12.6. The summed E-state index contributed by atoms with van der Waals surface area (Å²) in [6.45, 7) is 6.64. The van der Waals surface area contributed by atoms with Crippen LogP contribution in [-0.2, 0) is 17.9 Å². The number of nitrogens with one attached hydrogen (secondary N) is 1. The first-order chi connectivity index (χ1) is 16.5. The number of halogens is 2. The van der Waals surface area contributed by atoms with Crippen molar-refractivity contribution in [3.8, 4) is 5.75 Å². The molecule has 0 fully saturated rings. The minimum absolute atomic E-state index is 0.166. The van der Waals surface area contributed by atoms with E-state index in [2.05, 4.69) is 50.2 Å². The van der Waals surface area contributed by atoms with E-state index in [1.807, 2.05) is 35.8 Å². The van der Waals surface area contributed by atoms with E-state index in [-0.39, 0.29) is 18.3 Å². The third-order valence-corrected chi connectivity index (χ3v) is 7.35. The normalized spacial score (nSPS) is 10.9. The van der Waals surface area contributed by atoms with Gasteiger partial charge in [-0.3, -0.25) is 9.36 Å². The molecule has 1 N–H and O–H groups in total. The molecule has 1 heterocycles. The van der Waals surface area contributed by atoms with Gasteiger partial charge in [-0.2, -0.15) is 0 Å². The van der Waals surface area contributed by atoms with Gasteiger partial charge in [-0.1, -0.05) is 59.8 Å². The lowest BCUT2D eigenvalue weighted by Gasteiger charge is -2.12. The van der Waals surface area contributed by atoms with Gasteiger partial charge in [0.05, 0.1) is 10.8 Å². The van der Waals surface area contributed by atoms with Gasteiger partial charge in [-0.15, -0.1) is 16.8 Å². The number of carbonyl (C=O) groups is 1. The van der Waals surface area contributed by atoms with Crippen LogP contribution in [0, 0.1) is 6.92 Å². The summed E-state index contributed by atoms with van der Waals surface area (Å²) in [5, 5.41) is 14.9. The summed E-state index contributed by atoms with van der Waals surface area (Å²) < 4.78 is 8.77. The Hall–Kier alpha value is -2.81. The zero-order chi connectivity index (χ0) is 24.1. The van der Waals surface area contributed by atoms with Crippen molar-refractivity contribution in [3.63, 3.8) is 0 Å². The number of carbonyl (C=O) groups excluding carboxylic acids is 1. The quantitative estimate of drug-likeness (QED) is 0.184. The fourth-order valence-corrected chi connectivity index (χ4v) is 4.65. The van der Waals surface area contributed by atoms with Crippen LogP contribution in [0.5, 0.6) is 5.75 Å². The van der Waals surface area contributed by atoms with E-state index in [1.54, 1.807) is 24.3 Å². The first-order valence-electron chi connectivity index (χ1n) is 10.5. The van der Waals surface area contributed by atoms with Gasteiger partial charge in [-0.05, 0) is 63.5 Å². The second-order valence-corrected chi connectivity index (χ2v) is 9.67. The van der Waals surface area contributed by atoms with Crippen molar-refractivity contribution >= 4 is 61.7 Å². The zero-order valence-corrected chi connectivity index (χ0v) is 21.6. The summed E-state index contributed by atoms with van der Waals surface area (Å²) in [5.74, 6) is 1.47. The second kappa shape index (κ2) is 11.1. The largest absolute Gasteiger partial charge is 0.485 e. The van der Waals surface area contributed by atoms with Gasteiger partial charge >= 0.3 is 0 Å². The minimum Gasteiger partial charge on any atom is -0.485 e. The molecule has 174 valence electrons. The first kappa shape index (κ1) is 24.3. The average molecular weight is 558 g/mol. The number of fused-ring (bicyclic) bond motifs is 1. The molecule has 6 nitrogen and oxygen atoms in total. The van der Waals surface area contributed by atoms with Crippen molar-refractivity contribution in [3.05, 3.63) is 88.1 Å². The number of hydrogen-bond acceptors (Lipinski definition) is 5. The van der Waals surface area contributed by atoms with Gasteiger partial charge in [-0.25, -0.2) is 0 Å². The highest BCUT2D eigenvalue weighted by molar-refractivity contribution is 9.10. The molecule has 0 spiro atoms. The molecule has 0 aliphatic rings. The molecule has 0 radical (unpaired) electrons. The van der Waals surface area contributed by atoms with E-state index in [1.165, 1.54) is 17.1 Å². The van der Waals surface area contributed by atoms with Crippen LogP contribution < -0.4 is 10.1 Å². The molecule has 4 rings (SSSR count). The number of rotatable bonds is 9. The highest BCUT2D eigenvalue weighted by Gasteiger charge is 2.15. The van der Waals surface area contributed by atoms with Crippen molar-refractivity contribution in [1.29, 1.82) is 0 Å². The molecule has 1 aromatic heterocycles. The van der Waals surface area contributed by atoms with Gasteiger partial charge in [0.25, 0.3) is 0 Å². The lowest BCUT2D eigenvalue weighted by Crippen LogP contribution is -2.15. The average Bonchev–Trinajstić information content (AvgIpc) is 3.21. The number of benzene rings is 3. The number of ether oxygens (including phenoxy) is 1. The van der Waals surface area contributed by atoms with Gasteiger partial charge < -0.3 is 10.1 Å². The molecule has 34 heavy (non-hydrogen) atoms. The summed E-state index contributed by atoms with van der Waals surface area (Å²) in [5.41, 5.74) is 1.71. The maximum absolute atomic E-state index is 12.4. The van der Waals surface area contributed by atoms with E-state index in [9.17, 15) is 4.79 Å². The highest BCUT2D eigenvalue weighted by atomic mass is 79.9. The molecule has 0 saturated carbocycles. The molecule has 0 bridgehead atoms. The number of allylic oxidation sites excluding steroid dienone is 1. The highest BCUT2D eigenvalue weighted by Crippen LogP contribution is 2.28. The molecular formula is C25H22BrClN4O2S. The predicted octanol–water partition coefficient (Wildman–Crippen LogP) is 6.65. The Bertz CT molecular complexity index is 1360. The Morgan fingerprint density at radius 2 is 2.06 bits per heavy atom. The molecule has 0 atom stereocenters. The predicted molar refractivity (Wildman–Crippen MR) is 142 cm³/mol. The van der Waals surface area contributed by atoms with Crippen LogP contribution in [0.1, 0.15) is 11.4 Å². The van der Waals surface area contributed by atoms with E-state index in [0.29, 0.717) is 28.2 Å². The Morgan fingerprint density at radius 3 is 2.85 bits per heavy atom. The number of aryl methyl sites for hydroxylation is 1. The molecule has 4 aromatic rings. The Balaban J connectivity index is 1.42. The third-order valence-electron chi connectivity index (χ3n) is 5.15. The smallest absolute Gasteiger partial charge is 0.234 e. The molecule has 0 saturated heterocycles.